The Morgan fingerprint density at radius 2 is 1.96 bits per heavy atom. The van der Waals surface area contributed by atoms with Crippen LogP contribution in [-0.2, 0) is 11.2 Å². The number of H-pyrrole nitrogens is 1. The molecule has 118 valence electrons. The van der Waals surface area contributed by atoms with E-state index >= 15 is 0 Å². The lowest BCUT2D eigenvalue weighted by Crippen LogP contribution is -2.07. The molecule has 4 heteroatoms. The second kappa shape index (κ2) is 6.88. The third-order valence-corrected chi connectivity index (χ3v) is 4.40. The van der Waals surface area contributed by atoms with Crippen LogP contribution in [0.15, 0.2) is 54.7 Å². The maximum absolute atomic E-state index is 11.3. The van der Waals surface area contributed by atoms with Crippen molar-refractivity contribution in [3.63, 3.8) is 0 Å². The van der Waals surface area contributed by atoms with E-state index in [2.05, 4.69) is 17.1 Å². The lowest BCUT2D eigenvalue weighted by atomic mass is 9.89. The molecule has 1 heterocycles. The molecule has 0 aliphatic carbocycles. The summed E-state index contributed by atoms with van der Waals surface area (Å²) >= 11 is 6.10. The Labute approximate surface area is 139 Å². The van der Waals surface area contributed by atoms with Crippen molar-refractivity contribution in [3.05, 3.63) is 70.9 Å². The molecule has 0 fully saturated rings. The van der Waals surface area contributed by atoms with E-state index < -0.39 is 5.97 Å². The second-order valence-electron chi connectivity index (χ2n) is 5.75. The predicted molar refractivity (Wildman–Crippen MR) is 93.1 cm³/mol. The number of fused-ring (bicyclic) bond motifs is 1. The zero-order chi connectivity index (χ0) is 16.2. The van der Waals surface area contributed by atoms with Crippen LogP contribution in [0.3, 0.4) is 0 Å². The van der Waals surface area contributed by atoms with Gasteiger partial charge in [-0.15, -0.1) is 0 Å². The number of nitrogens with one attached hydrogen (secondary N) is 1. The van der Waals surface area contributed by atoms with Crippen LogP contribution >= 0.6 is 11.6 Å². The van der Waals surface area contributed by atoms with Gasteiger partial charge in [-0.2, -0.15) is 0 Å². The molecule has 3 rings (SSSR count). The first-order chi connectivity index (χ1) is 11.1. The first kappa shape index (κ1) is 15.6. The Kier molecular flexibility index (Phi) is 4.68. The van der Waals surface area contributed by atoms with E-state index in [1.807, 2.05) is 42.6 Å². The van der Waals surface area contributed by atoms with Gasteiger partial charge in [0.15, 0.2) is 0 Å². The molecule has 1 aromatic heterocycles. The summed E-state index contributed by atoms with van der Waals surface area (Å²) in [4.78, 5) is 14.5. The van der Waals surface area contributed by atoms with Crippen molar-refractivity contribution in [2.24, 2.45) is 0 Å². The summed E-state index contributed by atoms with van der Waals surface area (Å²) in [5.41, 5.74) is 3.24. The second-order valence-corrected chi connectivity index (χ2v) is 6.19. The third-order valence-electron chi connectivity index (χ3n) is 4.16. The third kappa shape index (κ3) is 3.74. The van der Waals surface area contributed by atoms with Gasteiger partial charge in [0.05, 0.1) is 6.42 Å². The molecular weight excluding hydrogens is 310 g/mol. The summed E-state index contributed by atoms with van der Waals surface area (Å²) in [6, 6.07) is 15.8. The van der Waals surface area contributed by atoms with Gasteiger partial charge in [-0.25, -0.2) is 0 Å². The van der Waals surface area contributed by atoms with Crippen molar-refractivity contribution in [2.45, 2.75) is 25.2 Å². The molecule has 0 bridgehead atoms. The molecule has 23 heavy (non-hydrogen) atoms. The van der Waals surface area contributed by atoms with Crippen LogP contribution in [0, 0.1) is 0 Å². The van der Waals surface area contributed by atoms with Crippen LogP contribution in [0.1, 0.15) is 29.9 Å². The number of aryl methyl sites for hydroxylation is 1. The van der Waals surface area contributed by atoms with Crippen molar-refractivity contribution in [1.29, 1.82) is 0 Å². The fourth-order valence-electron chi connectivity index (χ4n) is 3.02. The van der Waals surface area contributed by atoms with Gasteiger partial charge in [0.1, 0.15) is 0 Å². The standard InChI is InChI=1S/C19H18ClNO2/c20-15-8-9-18-16(11-15)17(12-21-18)14(10-19(22)23)7-6-13-4-2-1-3-5-13/h1-5,8-9,11-12,14,21H,6-7,10H2,(H,22,23)/t14-/m0/s1. The first-order valence-electron chi connectivity index (χ1n) is 7.66. The average Bonchev–Trinajstić information content (AvgIpc) is 2.95. The highest BCUT2D eigenvalue weighted by Crippen LogP contribution is 2.32. The van der Waals surface area contributed by atoms with Gasteiger partial charge in [-0.3, -0.25) is 4.79 Å². The Bertz CT molecular complexity index is 811. The summed E-state index contributed by atoms with van der Waals surface area (Å²) < 4.78 is 0. The molecule has 1 atom stereocenters. The van der Waals surface area contributed by atoms with Crippen LogP contribution < -0.4 is 0 Å². The predicted octanol–water partition coefficient (Wildman–Crippen LogP) is 5.01. The number of halogens is 1. The Balaban J connectivity index is 1.88. The van der Waals surface area contributed by atoms with E-state index in [-0.39, 0.29) is 12.3 Å². The van der Waals surface area contributed by atoms with Crippen molar-refractivity contribution in [3.8, 4) is 0 Å². The maximum Gasteiger partial charge on any atom is 0.303 e. The lowest BCUT2D eigenvalue weighted by molar-refractivity contribution is -0.137. The average molecular weight is 328 g/mol. The monoisotopic (exact) mass is 327 g/mol. The SMILES string of the molecule is O=C(O)C[C@H](CCc1ccccc1)c1c[nH]c2ccc(Cl)cc12. The Morgan fingerprint density at radius 3 is 2.70 bits per heavy atom. The van der Waals surface area contributed by atoms with E-state index in [1.54, 1.807) is 0 Å². The zero-order valence-corrected chi connectivity index (χ0v) is 13.4. The molecule has 0 aliphatic heterocycles. The van der Waals surface area contributed by atoms with Gasteiger partial charge in [-0.1, -0.05) is 41.9 Å². The number of aliphatic carboxylic acids is 1. The van der Waals surface area contributed by atoms with E-state index in [1.165, 1.54) is 5.56 Å². The van der Waals surface area contributed by atoms with E-state index in [9.17, 15) is 9.90 Å². The van der Waals surface area contributed by atoms with E-state index in [0.717, 1.165) is 29.3 Å². The molecule has 2 N–H and O–H groups in total. The smallest absolute Gasteiger partial charge is 0.303 e. The van der Waals surface area contributed by atoms with Gasteiger partial charge in [-0.05, 0) is 48.1 Å². The van der Waals surface area contributed by atoms with E-state index in [4.69, 9.17) is 11.6 Å². The van der Waals surface area contributed by atoms with Crippen LogP contribution in [-0.4, -0.2) is 16.1 Å². The number of hydrogen-bond donors (Lipinski definition) is 2. The first-order valence-corrected chi connectivity index (χ1v) is 8.03. The molecular formula is C19H18ClNO2. The van der Waals surface area contributed by atoms with Crippen LogP contribution in [0.4, 0.5) is 0 Å². The van der Waals surface area contributed by atoms with Gasteiger partial charge < -0.3 is 10.1 Å². The number of hydrogen-bond acceptors (Lipinski definition) is 1. The Hall–Kier alpha value is -2.26. The molecule has 3 aromatic rings. The van der Waals surface area contributed by atoms with Gasteiger partial charge in [0.2, 0.25) is 0 Å². The highest BCUT2D eigenvalue weighted by molar-refractivity contribution is 6.31. The molecule has 0 saturated carbocycles. The minimum Gasteiger partial charge on any atom is -0.481 e. The summed E-state index contributed by atoms with van der Waals surface area (Å²) in [5, 5.41) is 10.9. The topological polar surface area (TPSA) is 53.1 Å². The number of rotatable bonds is 6. The van der Waals surface area contributed by atoms with Gasteiger partial charge in [0, 0.05) is 22.1 Å². The summed E-state index contributed by atoms with van der Waals surface area (Å²) in [5.74, 6) is -0.820. The van der Waals surface area contributed by atoms with Gasteiger partial charge in [0.25, 0.3) is 0 Å². The van der Waals surface area contributed by atoms with E-state index in [0.29, 0.717) is 5.02 Å². The number of benzene rings is 2. The van der Waals surface area contributed by atoms with Crippen molar-refractivity contribution in [2.75, 3.05) is 0 Å². The number of aromatic amines is 1. The quantitative estimate of drug-likeness (QED) is 0.668. The molecule has 0 amide bonds. The number of aromatic nitrogens is 1. The Morgan fingerprint density at radius 1 is 1.17 bits per heavy atom. The summed E-state index contributed by atoms with van der Waals surface area (Å²) in [6.07, 6.45) is 3.67. The maximum atomic E-state index is 11.3. The van der Waals surface area contributed by atoms with Crippen LogP contribution in [0.25, 0.3) is 10.9 Å². The molecule has 2 aromatic carbocycles. The number of carboxylic acid groups (broad SMARTS) is 1. The van der Waals surface area contributed by atoms with Crippen molar-refractivity contribution < 1.29 is 9.90 Å². The molecule has 0 aliphatic rings. The fraction of sp³-hybridized carbons (Fsp3) is 0.211. The molecule has 0 radical (unpaired) electrons. The zero-order valence-electron chi connectivity index (χ0n) is 12.6. The number of carbonyl (C=O) groups is 1. The molecule has 0 unspecified atom stereocenters. The molecule has 0 spiro atoms. The highest BCUT2D eigenvalue weighted by atomic mass is 35.5. The minimum atomic E-state index is -0.778. The summed E-state index contributed by atoms with van der Waals surface area (Å²) in [6.45, 7) is 0. The minimum absolute atomic E-state index is 0.0417. The normalized spacial score (nSPS) is 12.4. The molecule has 0 saturated heterocycles. The lowest BCUT2D eigenvalue weighted by Gasteiger charge is -2.14. The van der Waals surface area contributed by atoms with Gasteiger partial charge >= 0.3 is 5.97 Å². The summed E-state index contributed by atoms with van der Waals surface area (Å²) in [7, 11) is 0. The fourth-order valence-corrected chi connectivity index (χ4v) is 3.19. The highest BCUT2D eigenvalue weighted by Gasteiger charge is 2.19. The van der Waals surface area contributed by atoms with Crippen molar-refractivity contribution >= 4 is 28.5 Å². The van der Waals surface area contributed by atoms with Crippen LogP contribution in [0.2, 0.25) is 5.02 Å². The molecule has 3 nitrogen and oxygen atoms in total. The van der Waals surface area contributed by atoms with Crippen LogP contribution in [0.5, 0.6) is 0 Å². The number of carboxylic acids is 1. The largest absolute Gasteiger partial charge is 0.481 e. The van der Waals surface area contributed by atoms with Crippen molar-refractivity contribution in [1.82, 2.24) is 4.98 Å².